The van der Waals surface area contributed by atoms with Crippen molar-refractivity contribution in [2.75, 3.05) is 0 Å². The van der Waals surface area contributed by atoms with Crippen LogP contribution in [-0.4, -0.2) is 20.6 Å². The zero-order valence-corrected chi connectivity index (χ0v) is 13.6. The van der Waals surface area contributed by atoms with Gasteiger partial charge in [-0.2, -0.15) is 5.26 Å². The lowest BCUT2D eigenvalue weighted by Crippen LogP contribution is -2.20. The normalized spacial score (nSPS) is 14.3. The molecule has 0 radical (unpaired) electrons. The number of rotatable bonds is 2. The van der Waals surface area contributed by atoms with Crippen molar-refractivity contribution in [3.05, 3.63) is 75.3 Å². The standard InChI is InChI=1S/C20H13N3O3/c21-11-13-3-1-12(2-4-13)9-14-7-8-23-18(14)22-17-10-15(20(25)26)5-6-16(17)19(23)24/h1-6,9-10H,7-8H2,(H,25,26)/b14-9-. The van der Waals surface area contributed by atoms with Crippen LogP contribution in [-0.2, 0) is 6.54 Å². The van der Waals surface area contributed by atoms with Gasteiger partial charge in [0.05, 0.1) is 28.1 Å². The lowest BCUT2D eigenvalue weighted by atomic mass is 10.1. The van der Waals surface area contributed by atoms with Crippen LogP contribution in [0, 0.1) is 11.3 Å². The predicted octanol–water partition coefficient (Wildman–Crippen LogP) is 2.91. The van der Waals surface area contributed by atoms with Crippen molar-refractivity contribution in [1.82, 2.24) is 9.55 Å². The molecule has 0 fully saturated rings. The van der Waals surface area contributed by atoms with Crippen LogP contribution in [0.4, 0.5) is 0 Å². The minimum atomic E-state index is -1.05. The van der Waals surface area contributed by atoms with Crippen LogP contribution in [0.1, 0.15) is 33.7 Å². The molecule has 0 spiro atoms. The first kappa shape index (κ1) is 15.8. The van der Waals surface area contributed by atoms with Crippen LogP contribution in [0.25, 0.3) is 22.6 Å². The molecule has 2 aromatic carbocycles. The highest BCUT2D eigenvalue weighted by atomic mass is 16.4. The highest BCUT2D eigenvalue weighted by Gasteiger charge is 2.21. The molecule has 0 atom stereocenters. The SMILES string of the molecule is N#Cc1ccc(/C=C2/CCn3c2nc2cc(C(=O)O)ccc2c3=O)cc1. The fourth-order valence-corrected chi connectivity index (χ4v) is 3.14. The molecule has 6 heteroatoms. The maximum absolute atomic E-state index is 12.7. The maximum Gasteiger partial charge on any atom is 0.335 e. The van der Waals surface area contributed by atoms with Gasteiger partial charge < -0.3 is 5.11 Å². The molecule has 2 heterocycles. The fourth-order valence-electron chi connectivity index (χ4n) is 3.14. The van der Waals surface area contributed by atoms with E-state index in [1.807, 2.05) is 18.2 Å². The van der Waals surface area contributed by atoms with Crippen molar-refractivity contribution in [3.63, 3.8) is 0 Å². The molecule has 6 nitrogen and oxygen atoms in total. The lowest BCUT2D eigenvalue weighted by Gasteiger charge is -2.06. The summed E-state index contributed by atoms with van der Waals surface area (Å²) in [5, 5.41) is 18.4. The Morgan fingerprint density at radius 1 is 1.23 bits per heavy atom. The number of aromatic carboxylic acids is 1. The quantitative estimate of drug-likeness (QED) is 0.772. The molecule has 0 saturated carbocycles. The molecule has 0 amide bonds. The number of hydrogen-bond acceptors (Lipinski definition) is 4. The Bertz CT molecular complexity index is 1180. The number of benzene rings is 2. The van der Waals surface area contributed by atoms with Gasteiger partial charge in [0.15, 0.2) is 0 Å². The van der Waals surface area contributed by atoms with Gasteiger partial charge in [-0.25, -0.2) is 9.78 Å². The second-order valence-corrected chi connectivity index (χ2v) is 6.08. The molecule has 0 unspecified atom stereocenters. The van der Waals surface area contributed by atoms with Crippen molar-refractivity contribution in [2.45, 2.75) is 13.0 Å². The van der Waals surface area contributed by atoms with Gasteiger partial charge in [0.1, 0.15) is 5.82 Å². The number of carboxylic acids is 1. The Morgan fingerprint density at radius 2 is 2.00 bits per heavy atom. The summed E-state index contributed by atoms with van der Waals surface area (Å²) in [6.45, 7) is 0.542. The van der Waals surface area contributed by atoms with E-state index < -0.39 is 5.97 Å². The molecule has 1 N–H and O–H groups in total. The predicted molar refractivity (Wildman–Crippen MR) is 96.6 cm³/mol. The summed E-state index contributed by atoms with van der Waals surface area (Å²) in [5.41, 5.74) is 2.74. The van der Waals surface area contributed by atoms with Crippen LogP contribution in [0.5, 0.6) is 0 Å². The van der Waals surface area contributed by atoms with E-state index in [9.17, 15) is 9.59 Å². The average Bonchev–Trinajstić information content (AvgIpc) is 3.05. The smallest absolute Gasteiger partial charge is 0.335 e. The summed E-state index contributed by atoms with van der Waals surface area (Å²) < 4.78 is 1.62. The average molecular weight is 343 g/mol. The summed E-state index contributed by atoms with van der Waals surface area (Å²) >= 11 is 0. The number of aromatic nitrogens is 2. The molecule has 0 bridgehead atoms. The minimum Gasteiger partial charge on any atom is -0.478 e. The third-order valence-corrected chi connectivity index (χ3v) is 4.47. The molecule has 4 rings (SSSR count). The fraction of sp³-hybridized carbons (Fsp3) is 0.100. The molecular formula is C20H13N3O3. The van der Waals surface area contributed by atoms with Gasteiger partial charge in [0.2, 0.25) is 0 Å². The van der Waals surface area contributed by atoms with Crippen LogP contribution >= 0.6 is 0 Å². The van der Waals surface area contributed by atoms with Gasteiger partial charge in [-0.15, -0.1) is 0 Å². The van der Waals surface area contributed by atoms with Crippen molar-refractivity contribution in [1.29, 1.82) is 5.26 Å². The van der Waals surface area contributed by atoms with E-state index in [-0.39, 0.29) is 11.1 Å². The minimum absolute atomic E-state index is 0.102. The Morgan fingerprint density at radius 3 is 2.69 bits per heavy atom. The maximum atomic E-state index is 12.7. The van der Waals surface area contributed by atoms with Crippen LogP contribution < -0.4 is 5.56 Å². The van der Waals surface area contributed by atoms with Gasteiger partial charge in [0, 0.05) is 6.54 Å². The molecule has 26 heavy (non-hydrogen) atoms. The van der Waals surface area contributed by atoms with Gasteiger partial charge in [-0.05, 0) is 54.0 Å². The molecule has 1 aliphatic heterocycles. The van der Waals surface area contributed by atoms with E-state index in [0.717, 1.165) is 11.1 Å². The van der Waals surface area contributed by atoms with Gasteiger partial charge in [-0.3, -0.25) is 9.36 Å². The molecule has 1 aliphatic rings. The van der Waals surface area contributed by atoms with Crippen molar-refractivity contribution < 1.29 is 9.90 Å². The highest BCUT2D eigenvalue weighted by molar-refractivity contribution is 5.93. The number of fused-ring (bicyclic) bond motifs is 2. The van der Waals surface area contributed by atoms with Crippen molar-refractivity contribution in [3.8, 4) is 6.07 Å². The topological polar surface area (TPSA) is 96.0 Å². The van der Waals surface area contributed by atoms with Crippen LogP contribution in [0.15, 0.2) is 47.3 Å². The molecule has 126 valence electrons. The van der Waals surface area contributed by atoms with Crippen LogP contribution in [0.3, 0.4) is 0 Å². The number of hydrogen-bond donors (Lipinski definition) is 1. The molecule has 0 aliphatic carbocycles. The van der Waals surface area contributed by atoms with Crippen molar-refractivity contribution in [2.24, 2.45) is 0 Å². The third kappa shape index (κ3) is 2.56. The largest absolute Gasteiger partial charge is 0.478 e. The lowest BCUT2D eigenvalue weighted by molar-refractivity contribution is 0.0697. The summed E-state index contributed by atoms with van der Waals surface area (Å²) in [7, 11) is 0. The van der Waals surface area contributed by atoms with Gasteiger partial charge >= 0.3 is 5.97 Å². The molecule has 0 saturated heterocycles. The monoisotopic (exact) mass is 343 g/mol. The zero-order chi connectivity index (χ0) is 18.3. The molecular weight excluding hydrogens is 330 g/mol. The first-order valence-corrected chi connectivity index (χ1v) is 8.06. The number of allylic oxidation sites excluding steroid dienone is 1. The van der Waals surface area contributed by atoms with Gasteiger partial charge in [-0.1, -0.05) is 12.1 Å². The second kappa shape index (κ2) is 5.97. The summed E-state index contributed by atoms with van der Waals surface area (Å²) in [5.74, 6) is -0.489. The summed E-state index contributed by atoms with van der Waals surface area (Å²) in [4.78, 5) is 28.4. The van der Waals surface area contributed by atoms with Crippen LogP contribution in [0.2, 0.25) is 0 Å². The Kier molecular flexibility index (Phi) is 3.63. The van der Waals surface area contributed by atoms with E-state index >= 15 is 0 Å². The van der Waals surface area contributed by atoms with E-state index in [1.54, 1.807) is 16.7 Å². The Hall–Kier alpha value is -3.72. The number of carbonyl (C=O) groups is 1. The zero-order valence-electron chi connectivity index (χ0n) is 13.6. The first-order chi connectivity index (χ1) is 12.6. The Labute approximate surface area is 148 Å². The highest BCUT2D eigenvalue weighted by Crippen LogP contribution is 2.27. The number of nitrogens with zero attached hydrogens (tertiary/aromatic N) is 3. The van der Waals surface area contributed by atoms with E-state index in [4.69, 9.17) is 10.4 Å². The Balaban J connectivity index is 1.85. The molecule has 3 aromatic rings. The first-order valence-electron chi connectivity index (χ1n) is 8.06. The molecule has 1 aromatic heterocycles. The number of nitriles is 1. The summed E-state index contributed by atoms with van der Waals surface area (Å²) in [6.07, 6.45) is 2.61. The van der Waals surface area contributed by atoms with E-state index in [1.165, 1.54) is 18.2 Å². The van der Waals surface area contributed by atoms with Crippen molar-refractivity contribution >= 4 is 28.5 Å². The summed E-state index contributed by atoms with van der Waals surface area (Å²) in [6, 6.07) is 13.6. The number of carboxylic acid groups (broad SMARTS) is 1. The second-order valence-electron chi connectivity index (χ2n) is 6.08. The third-order valence-electron chi connectivity index (χ3n) is 4.47. The van der Waals surface area contributed by atoms with E-state index in [2.05, 4.69) is 11.1 Å². The van der Waals surface area contributed by atoms with E-state index in [0.29, 0.717) is 35.3 Å². The van der Waals surface area contributed by atoms with Gasteiger partial charge in [0.25, 0.3) is 5.56 Å².